The van der Waals surface area contributed by atoms with Crippen LogP contribution in [0.4, 0.5) is 0 Å². The quantitative estimate of drug-likeness (QED) is 0.726. The molecule has 1 nitrogen and oxygen atoms in total. The summed E-state index contributed by atoms with van der Waals surface area (Å²) in [6.45, 7) is 13.9. The van der Waals surface area contributed by atoms with E-state index >= 15 is 0 Å². The van der Waals surface area contributed by atoms with Crippen molar-refractivity contribution in [3.63, 3.8) is 0 Å². The number of hydrogen-bond donors (Lipinski definition) is 1. The molecule has 2 aliphatic carbocycles. The van der Waals surface area contributed by atoms with Crippen LogP contribution in [0.2, 0.25) is 0 Å². The predicted molar refractivity (Wildman–Crippen MR) is 79.8 cm³/mol. The highest BCUT2D eigenvalue weighted by atomic mass is 16.3. The minimum absolute atomic E-state index is 0.231. The predicted octanol–water partition coefficient (Wildman–Crippen LogP) is 4.49. The van der Waals surface area contributed by atoms with Crippen molar-refractivity contribution in [2.75, 3.05) is 0 Å². The molecule has 104 valence electrons. The maximum absolute atomic E-state index is 10.4. The van der Waals surface area contributed by atoms with Gasteiger partial charge in [-0.25, -0.2) is 0 Å². The van der Waals surface area contributed by atoms with Gasteiger partial charge in [-0.15, -0.1) is 0 Å². The van der Waals surface area contributed by atoms with Crippen LogP contribution in [0.15, 0.2) is 6.07 Å². The van der Waals surface area contributed by atoms with Crippen molar-refractivity contribution >= 4 is 0 Å². The van der Waals surface area contributed by atoms with Gasteiger partial charge in [-0.2, -0.15) is 0 Å². The first-order valence-electron chi connectivity index (χ1n) is 7.51. The van der Waals surface area contributed by atoms with E-state index in [1.165, 1.54) is 28.7 Å². The largest absolute Gasteiger partial charge is 0.388 e. The normalized spacial score (nSPS) is 30.3. The summed E-state index contributed by atoms with van der Waals surface area (Å²) in [5, 5.41) is 10.4. The molecule has 0 aliphatic heterocycles. The average Bonchev–Trinajstić information content (AvgIpc) is 2.61. The topological polar surface area (TPSA) is 20.2 Å². The second-order valence-electron chi connectivity index (χ2n) is 8.04. The molecule has 0 heterocycles. The summed E-state index contributed by atoms with van der Waals surface area (Å²) in [4.78, 5) is 0. The van der Waals surface area contributed by atoms with Crippen molar-refractivity contribution in [1.29, 1.82) is 0 Å². The average molecular weight is 258 g/mol. The molecule has 0 spiro atoms. The smallest absolute Gasteiger partial charge is 0.0801 e. The molecule has 2 unspecified atom stereocenters. The molecule has 0 saturated carbocycles. The first-order chi connectivity index (χ1) is 8.65. The van der Waals surface area contributed by atoms with E-state index in [0.717, 1.165) is 6.42 Å². The Morgan fingerprint density at radius 1 is 1.11 bits per heavy atom. The Morgan fingerprint density at radius 3 is 2.37 bits per heavy atom. The molecule has 2 atom stereocenters. The third-order valence-electron chi connectivity index (χ3n) is 5.31. The third kappa shape index (κ3) is 1.64. The van der Waals surface area contributed by atoms with E-state index in [-0.39, 0.29) is 16.9 Å². The Hall–Kier alpha value is -0.820. The fourth-order valence-electron chi connectivity index (χ4n) is 4.93. The Balaban J connectivity index is 2.38. The van der Waals surface area contributed by atoms with E-state index in [9.17, 15) is 5.11 Å². The van der Waals surface area contributed by atoms with Crippen LogP contribution in [0.5, 0.6) is 0 Å². The maximum atomic E-state index is 10.4. The van der Waals surface area contributed by atoms with E-state index < -0.39 is 0 Å². The number of aryl methyl sites for hydroxylation is 1. The van der Waals surface area contributed by atoms with Gasteiger partial charge >= 0.3 is 0 Å². The Labute approximate surface area is 117 Å². The van der Waals surface area contributed by atoms with E-state index in [1.54, 1.807) is 5.56 Å². The van der Waals surface area contributed by atoms with Crippen LogP contribution >= 0.6 is 0 Å². The molecule has 1 N–H and O–H groups in total. The van der Waals surface area contributed by atoms with Crippen molar-refractivity contribution in [1.82, 2.24) is 0 Å². The van der Waals surface area contributed by atoms with Crippen LogP contribution in [0.3, 0.4) is 0 Å². The SMILES string of the molecule is Cc1cc2c(c3c1C(O)CC3C)C(C)(C)CC2(C)C. The van der Waals surface area contributed by atoms with Gasteiger partial charge in [-0.05, 0) is 64.3 Å². The summed E-state index contributed by atoms with van der Waals surface area (Å²) in [7, 11) is 0. The number of fused-ring (bicyclic) bond motifs is 3. The van der Waals surface area contributed by atoms with Gasteiger partial charge in [-0.3, -0.25) is 0 Å². The van der Waals surface area contributed by atoms with E-state index in [0.29, 0.717) is 5.92 Å². The summed E-state index contributed by atoms with van der Waals surface area (Å²) >= 11 is 0. The van der Waals surface area contributed by atoms with Crippen molar-refractivity contribution in [3.8, 4) is 0 Å². The molecule has 1 heteroatoms. The lowest BCUT2D eigenvalue weighted by molar-refractivity contribution is 0.174. The van der Waals surface area contributed by atoms with E-state index in [4.69, 9.17) is 0 Å². The molecule has 0 bridgehead atoms. The Bertz CT molecular complexity index is 551. The second kappa shape index (κ2) is 3.63. The fourth-order valence-corrected chi connectivity index (χ4v) is 4.93. The molecule has 2 aliphatic rings. The summed E-state index contributed by atoms with van der Waals surface area (Å²) in [6, 6.07) is 2.35. The molecule has 1 aromatic rings. The van der Waals surface area contributed by atoms with Gasteiger partial charge in [0.15, 0.2) is 0 Å². The molecule has 3 rings (SSSR count). The Kier molecular flexibility index (Phi) is 2.52. The lowest BCUT2D eigenvalue weighted by Gasteiger charge is -2.25. The zero-order chi connectivity index (χ0) is 14.2. The first-order valence-corrected chi connectivity index (χ1v) is 7.51. The second-order valence-corrected chi connectivity index (χ2v) is 8.04. The molecule has 0 radical (unpaired) electrons. The van der Waals surface area contributed by atoms with Gasteiger partial charge in [0.25, 0.3) is 0 Å². The highest BCUT2D eigenvalue weighted by Crippen LogP contribution is 2.56. The standard InChI is InChI=1S/C18H26O/c1-10-7-12-16(18(5,6)9-17(12,3)4)15-11(2)8-13(19)14(10)15/h7,11,13,19H,8-9H2,1-6H3. The summed E-state index contributed by atoms with van der Waals surface area (Å²) in [5.74, 6) is 0.492. The Morgan fingerprint density at radius 2 is 1.74 bits per heavy atom. The molecule has 0 fully saturated rings. The molecular formula is C18H26O. The van der Waals surface area contributed by atoms with Crippen molar-refractivity contribution < 1.29 is 5.11 Å². The van der Waals surface area contributed by atoms with Crippen LogP contribution in [0, 0.1) is 6.92 Å². The lowest BCUT2D eigenvalue weighted by Crippen LogP contribution is -2.18. The highest BCUT2D eigenvalue weighted by molar-refractivity contribution is 5.58. The number of aliphatic hydroxyl groups is 1. The van der Waals surface area contributed by atoms with E-state index in [2.05, 4.69) is 47.6 Å². The number of aliphatic hydroxyl groups excluding tert-OH is 1. The van der Waals surface area contributed by atoms with Crippen molar-refractivity contribution in [2.45, 2.75) is 77.2 Å². The van der Waals surface area contributed by atoms with Gasteiger partial charge in [-0.1, -0.05) is 40.7 Å². The minimum Gasteiger partial charge on any atom is -0.388 e. The molecule has 0 amide bonds. The van der Waals surface area contributed by atoms with Crippen LogP contribution < -0.4 is 0 Å². The summed E-state index contributed by atoms with van der Waals surface area (Å²) in [5.41, 5.74) is 7.55. The van der Waals surface area contributed by atoms with Gasteiger partial charge < -0.3 is 5.11 Å². The zero-order valence-corrected chi connectivity index (χ0v) is 13.1. The van der Waals surface area contributed by atoms with Gasteiger partial charge in [0.05, 0.1) is 6.10 Å². The fraction of sp³-hybridized carbons (Fsp3) is 0.667. The van der Waals surface area contributed by atoms with Gasteiger partial charge in [0.2, 0.25) is 0 Å². The monoisotopic (exact) mass is 258 g/mol. The third-order valence-corrected chi connectivity index (χ3v) is 5.31. The van der Waals surface area contributed by atoms with Crippen molar-refractivity contribution in [2.24, 2.45) is 0 Å². The van der Waals surface area contributed by atoms with Gasteiger partial charge in [0, 0.05) is 0 Å². The highest BCUT2D eigenvalue weighted by Gasteiger charge is 2.46. The van der Waals surface area contributed by atoms with Crippen LogP contribution in [0.25, 0.3) is 0 Å². The van der Waals surface area contributed by atoms with Crippen LogP contribution in [-0.4, -0.2) is 5.11 Å². The van der Waals surface area contributed by atoms with Crippen LogP contribution in [-0.2, 0) is 10.8 Å². The van der Waals surface area contributed by atoms with Crippen molar-refractivity contribution in [3.05, 3.63) is 33.9 Å². The molecule has 0 aromatic heterocycles. The van der Waals surface area contributed by atoms with Gasteiger partial charge in [0.1, 0.15) is 0 Å². The molecule has 0 saturated heterocycles. The lowest BCUT2D eigenvalue weighted by atomic mass is 9.79. The zero-order valence-electron chi connectivity index (χ0n) is 13.1. The summed E-state index contributed by atoms with van der Waals surface area (Å²) in [6.07, 6.45) is 1.84. The molecular weight excluding hydrogens is 232 g/mol. The summed E-state index contributed by atoms with van der Waals surface area (Å²) < 4.78 is 0. The minimum atomic E-state index is -0.255. The first kappa shape index (κ1) is 13.2. The molecule has 1 aromatic carbocycles. The van der Waals surface area contributed by atoms with Crippen LogP contribution in [0.1, 0.15) is 87.3 Å². The number of rotatable bonds is 0. The maximum Gasteiger partial charge on any atom is 0.0801 e. The number of benzene rings is 1. The molecule has 19 heavy (non-hydrogen) atoms. The number of hydrogen-bond acceptors (Lipinski definition) is 1. The van der Waals surface area contributed by atoms with E-state index in [1.807, 2.05) is 0 Å².